The van der Waals surface area contributed by atoms with Gasteiger partial charge in [0.25, 0.3) is 11.5 Å². The Morgan fingerprint density at radius 3 is 2.74 bits per heavy atom. The predicted molar refractivity (Wildman–Crippen MR) is 106 cm³/mol. The zero-order chi connectivity index (χ0) is 19.8. The Hall–Kier alpha value is -2.35. The second kappa shape index (κ2) is 10.1. The fraction of sp³-hybridized carbons (Fsp3) is 0.474. The number of thioether (sulfide) groups is 1. The van der Waals surface area contributed by atoms with E-state index in [1.807, 2.05) is 12.1 Å². The van der Waals surface area contributed by atoms with Crippen molar-refractivity contribution in [2.75, 3.05) is 18.9 Å². The molecule has 0 unspecified atom stereocenters. The van der Waals surface area contributed by atoms with Crippen LogP contribution in [0.1, 0.15) is 27.2 Å². The van der Waals surface area contributed by atoms with E-state index in [0.717, 1.165) is 18.2 Å². The fourth-order valence-electron chi connectivity index (χ4n) is 2.40. The van der Waals surface area contributed by atoms with Gasteiger partial charge in [-0.1, -0.05) is 37.7 Å². The maximum absolute atomic E-state index is 12.8. The third-order valence-electron chi connectivity index (χ3n) is 3.81. The van der Waals surface area contributed by atoms with Gasteiger partial charge in [0, 0.05) is 13.1 Å². The lowest BCUT2D eigenvalue weighted by Gasteiger charge is -2.14. The molecule has 1 heterocycles. The molecule has 1 N–H and O–H groups in total. The molecule has 0 aliphatic carbocycles. The maximum atomic E-state index is 12.8. The summed E-state index contributed by atoms with van der Waals surface area (Å²) >= 11 is 1.15. The monoisotopic (exact) mass is 391 g/mol. The number of hydrogen-bond donors (Lipinski definition) is 1. The topological polar surface area (TPSA) is 90.3 Å². The molecule has 0 spiro atoms. The molecule has 0 radical (unpaired) electrons. The van der Waals surface area contributed by atoms with Gasteiger partial charge in [0.05, 0.1) is 16.7 Å². The summed E-state index contributed by atoms with van der Waals surface area (Å²) in [5.74, 6) is -0.452. The van der Waals surface area contributed by atoms with Crippen molar-refractivity contribution in [3.63, 3.8) is 0 Å². The summed E-state index contributed by atoms with van der Waals surface area (Å²) in [4.78, 5) is 40.7. The quantitative estimate of drug-likeness (QED) is 0.400. The summed E-state index contributed by atoms with van der Waals surface area (Å²) < 4.78 is 6.56. The van der Waals surface area contributed by atoms with E-state index >= 15 is 0 Å². The van der Waals surface area contributed by atoms with Crippen LogP contribution in [0.4, 0.5) is 0 Å². The molecule has 2 aromatic rings. The van der Waals surface area contributed by atoms with Crippen molar-refractivity contribution >= 4 is 34.5 Å². The number of aromatic nitrogens is 2. The zero-order valence-electron chi connectivity index (χ0n) is 15.9. The van der Waals surface area contributed by atoms with E-state index in [1.54, 1.807) is 23.6 Å². The number of carbonyl (C=O) groups is 2. The van der Waals surface area contributed by atoms with Gasteiger partial charge in [0.2, 0.25) is 0 Å². The Bertz CT molecular complexity index is 864. The molecule has 8 heteroatoms. The molecule has 0 aliphatic rings. The van der Waals surface area contributed by atoms with Crippen LogP contribution in [-0.4, -0.2) is 40.3 Å². The van der Waals surface area contributed by atoms with Crippen LogP contribution in [0.15, 0.2) is 34.2 Å². The van der Waals surface area contributed by atoms with Crippen molar-refractivity contribution in [1.29, 1.82) is 0 Å². The number of hydrogen-bond acceptors (Lipinski definition) is 6. The molecule has 2 rings (SSSR count). The van der Waals surface area contributed by atoms with Crippen molar-refractivity contribution < 1.29 is 14.3 Å². The first-order valence-corrected chi connectivity index (χ1v) is 9.95. The third kappa shape index (κ3) is 6.09. The van der Waals surface area contributed by atoms with Gasteiger partial charge in [-0.15, -0.1) is 0 Å². The molecule has 1 amide bonds. The summed E-state index contributed by atoms with van der Waals surface area (Å²) in [5, 5.41) is 3.60. The number of nitrogens with zero attached hydrogens (tertiary/aromatic N) is 2. The summed E-state index contributed by atoms with van der Waals surface area (Å²) in [6.07, 6.45) is 0.828. The van der Waals surface area contributed by atoms with Gasteiger partial charge in [0.1, 0.15) is 0 Å². The van der Waals surface area contributed by atoms with Crippen molar-refractivity contribution in [3.8, 4) is 0 Å². The van der Waals surface area contributed by atoms with E-state index in [2.05, 4.69) is 24.1 Å². The minimum absolute atomic E-state index is 0.0220. The van der Waals surface area contributed by atoms with Crippen LogP contribution in [0.5, 0.6) is 0 Å². The number of likely N-dealkylation sites (N-methyl/N-ethyl adjacent to an activating group) is 1. The minimum Gasteiger partial charge on any atom is -0.455 e. The highest BCUT2D eigenvalue weighted by molar-refractivity contribution is 7.99. The highest BCUT2D eigenvalue weighted by Crippen LogP contribution is 2.19. The van der Waals surface area contributed by atoms with Crippen molar-refractivity contribution in [3.05, 3.63) is 34.6 Å². The van der Waals surface area contributed by atoms with Crippen LogP contribution in [0.25, 0.3) is 10.9 Å². The van der Waals surface area contributed by atoms with Gasteiger partial charge in [-0.25, -0.2) is 4.98 Å². The second-order valence-electron chi connectivity index (χ2n) is 6.45. The molecule has 1 aromatic carbocycles. The largest absolute Gasteiger partial charge is 0.455 e. The number of nitrogens with one attached hydrogen (secondary N) is 1. The first-order chi connectivity index (χ1) is 12.9. The number of fused-ring (bicyclic) bond motifs is 1. The standard InChI is InChI=1S/C19H25N3O4S/c1-4-20-16(23)11-26-17(24)12-27-19-21-15-8-6-5-7-14(15)18(25)22(19)10-9-13(2)3/h5-8,13H,4,9-12H2,1-3H3,(H,20,23). The zero-order valence-corrected chi connectivity index (χ0v) is 16.7. The highest BCUT2D eigenvalue weighted by atomic mass is 32.2. The molecule has 1 aromatic heterocycles. The lowest BCUT2D eigenvalue weighted by atomic mass is 10.1. The average molecular weight is 391 g/mol. The van der Waals surface area contributed by atoms with E-state index in [1.165, 1.54) is 0 Å². The van der Waals surface area contributed by atoms with E-state index in [4.69, 9.17) is 4.74 Å². The summed E-state index contributed by atoms with van der Waals surface area (Å²) in [5.41, 5.74) is 0.487. The predicted octanol–water partition coefficient (Wildman–Crippen LogP) is 2.21. The molecule has 27 heavy (non-hydrogen) atoms. The molecule has 0 aliphatic heterocycles. The van der Waals surface area contributed by atoms with Gasteiger partial charge in [-0.05, 0) is 31.4 Å². The number of carbonyl (C=O) groups excluding carboxylic acids is 2. The Labute approximate surface area is 162 Å². The highest BCUT2D eigenvalue weighted by Gasteiger charge is 2.14. The smallest absolute Gasteiger partial charge is 0.316 e. The van der Waals surface area contributed by atoms with E-state index in [9.17, 15) is 14.4 Å². The van der Waals surface area contributed by atoms with Gasteiger partial charge in [-0.2, -0.15) is 0 Å². The SMILES string of the molecule is CCNC(=O)COC(=O)CSc1nc2ccccc2c(=O)n1CCC(C)C. The maximum Gasteiger partial charge on any atom is 0.316 e. The molecule has 0 saturated heterocycles. The molecular weight excluding hydrogens is 366 g/mol. The third-order valence-corrected chi connectivity index (χ3v) is 4.76. The van der Waals surface area contributed by atoms with Crippen LogP contribution < -0.4 is 10.9 Å². The van der Waals surface area contributed by atoms with Gasteiger partial charge in [0.15, 0.2) is 11.8 Å². The molecule has 0 fully saturated rings. The fourth-order valence-corrected chi connectivity index (χ4v) is 3.22. The van der Waals surface area contributed by atoms with E-state index in [-0.39, 0.29) is 23.8 Å². The summed E-state index contributed by atoms with van der Waals surface area (Å²) in [6.45, 7) is 6.67. The lowest BCUT2D eigenvalue weighted by Crippen LogP contribution is -2.29. The average Bonchev–Trinajstić information content (AvgIpc) is 2.64. The van der Waals surface area contributed by atoms with Crippen molar-refractivity contribution in [2.24, 2.45) is 5.92 Å². The molecule has 146 valence electrons. The minimum atomic E-state index is -0.524. The van der Waals surface area contributed by atoms with Crippen LogP contribution in [0.3, 0.4) is 0 Å². The van der Waals surface area contributed by atoms with Gasteiger partial charge in [-0.3, -0.25) is 19.0 Å². The first kappa shape index (κ1) is 21.0. The first-order valence-electron chi connectivity index (χ1n) is 8.97. The molecule has 0 bridgehead atoms. The van der Waals surface area contributed by atoms with Crippen LogP contribution in [-0.2, 0) is 20.9 Å². The van der Waals surface area contributed by atoms with Gasteiger partial charge < -0.3 is 10.1 Å². The normalized spacial score (nSPS) is 11.0. The number of amides is 1. The number of ether oxygens (including phenoxy) is 1. The number of esters is 1. The van der Waals surface area contributed by atoms with Crippen LogP contribution in [0, 0.1) is 5.92 Å². The number of para-hydroxylation sites is 1. The molecule has 7 nitrogen and oxygen atoms in total. The van der Waals surface area contributed by atoms with Crippen molar-refractivity contribution in [2.45, 2.75) is 38.9 Å². The number of benzene rings is 1. The lowest BCUT2D eigenvalue weighted by molar-refractivity contribution is -0.145. The number of rotatable bonds is 9. The Morgan fingerprint density at radius 1 is 1.30 bits per heavy atom. The Balaban J connectivity index is 2.15. The molecule has 0 atom stereocenters. The second-order valence-corrected chi connectivity index (χ2v) is 7.40. The molecule has 0 saturated carbocycles. The van der Waals surface area contributed by atoms with Crippen LogP contribution in [0.2, 0.25) is 0 Å². The summed E-state index contributed by atoms with van der Waals surface area (Å²) in [6, 6.07) is 7.17. The van der Waals surface area contributed by atoms with E-state index in [0.29, 0.717) is 35.1 Å². The van der Waals surface area contributed by atoms with Crippen LogP contribution >= 0.6 is 11.8 Å². The van der Waals surface area contributed by atoms with Crippen molar-refractivity contribution in [1.82, 2.24) is 14.9 Å². The Kier molecular flexibility index (Phi) is 7.84. The summed E-state index contributed by atoms with van der Waals surface area (Å²) in [7, 11) is 0. The molecular formula is C19H25N3O4S. The Morgan fingerprint density at radius 2 is 2.04 bits per heavy atom. The van der Waals surface area contributed by atoms with Gasteiger partial charge >= 0.3 is 5.97 Å². The van der Waals surface area contributed by atoms with E-state index < -0.39 is 5.97 Å².